The van der Waals surface area contributed by atoms with Gasteiger partial charge in [0.15, 0.2) is 15.0 Å². The minimum absolute atomic E-state index is 0.0267. The van der Waals surface area contributed by atoms with Crippen LogP contribution < -0.4 is 4.90 Å². The topological polar surface area (TPSA) is 66.8 Å². The number of sulfone groups is 1. The average Bonchev–Trinajstić information content (AvgIpc) is 3.10. The van der Waals surface area contributed by atoms with E-state index in [1.165, 1.54) is 30.0 Å². The van der Waals surface area contributed by atoms with Crippen molar-refractivity contribution in [2.75, 3.05) is 16.4 Å². The maximum atomic E-state index is 13.6. The number of amides is 1. The summed E-state index contributed by atoms with van der Waals surface area (Å²) in [5.74, 6) is -0.895. The number of fused-ring (bicyclic) bond motifs is 1. The van der Waals surface area contributed by atoms with Crippen molar-refractivity contribution < 1.29 is 17.6 Å². The summed E-state index contributed by atoms with van der Waals surface area (Å²) in [5, 5.41) is 0.131. The molecular formula is C20H18ClFN2O3S2. The molecule has 0 aliphatic carbocycles. The average molecular weight is 453 g/mol. The van der Waals surface area contributed by atoms with Crippen LogP contribution in [-0.2, 0) is 21.1 Å². The molecule has 2 aliphatic heterocycles. The van der Waals surface area contributed by atoms with Gasteiger partial charge < -0.3 is 4.90 Å². The maximum absolute atomic E-state index is 13.6. The van der Waals surface area contributed by atoms with E-state index < -0.39 is 15.7 Å². The number of amidine groups is 1. The number of carbonyl (C=O) groups excluding carboxylic acids is 1. The number of carbonyl (C=O) groups is 1. The molecule has 1 amide bonds. The normalized spacial score (nSPS) is 24.1. The Hall–Kier alpha value is -1.90. The van der Waals surface area contributed by atoms with Gasteiger partial charge in [-0.15, -0.1) is 0 Å². The van der Waals surface area contributed by atoms with Gasteiger partial charge in [0.25, 0.3) is 5.91 Å². The molecule has 152 valence electrons. The lowest BCUT2D eigenvalue weighted by Crippen LogP contribution is -2.37. The summed E-state index contributed by atoms with van der Waals surface area (Å²) >= 11 is 7.21. The lowest BCUT2D eigenvalue weighted by Gasteiger charge is -2.24. The second-order valence-corrected chi connectivity index (χ2v) is 11.0. The first kappa shape index (κ1) is 20.4. The third kappa shape index (κ3) is 4.34. The van der Waals surface area contributed by atoms with Gasteiger partial charge in [0, 0.05) is 10.9 Å². The second kappa shape index (κ2) is 7.74. The van der Waals surface area contributed by atoms with E-state index in [0.717, 1.165) is 11.1 Å². The van der Waals surface area contributed by atoms with Crippen molar-refractivity contribution in [2.24, 2.45) is 4.99 Å². The molecule has 2 saturated heterocycles. The molecular weight excluding hydrogens is 435 g/mol. The molecule has 2 aromatic carbocycles. The van der Waals surface area contributed by atoms with Gasteiger partial charge in [0.2, 0.25) is 0 Å². The molecule has 0 N–H and O–H groups in total. The van der Waals surface area contributed by atoms with Crippen molar-refractivity contribution in [1.82, 2.24) is 0 Å². The van der Waals surface area contributed by atoms with Crippen LogP contribution in [0.1, 0.15) is 11.1 Å². The lowest BCUT2D eigenvalue weighted by atomic mass is 10.1. The number of aliphatic imine (C=N–C) groups is 1. The number of rotatable bonds is 3. The monoisotopic (exact) mass is 452 g/mol. The molecule has 2 fully saturated rings. The highest BCUT2D eigenvalue weighted by molar-refractivity contribution is 8.16. The first-order valence-corrected chi connectivity index (χ1v) is 12.1. The maximum Gasteiger partial charge on any atom is 0.252 e. The zero-order chi connectivity index (χ0) is 20.8. The van der Waals surface area contributed by atoms with Gasteiger partial charge in [-0.2, -0.15) is 4.99 Å². The number of hydrogen-bond donors (Lipinski definition) is 0. The van der Waals surface area contributed by atoms with Crippen molar-refractivity contribution in [2.45, 2.75) is 24.6 Å². The number of benzene rings is 2. The van der Waals surface area contributed by atoms with Gasteiger partial charge in [-0.25, -0.2) is 12.8 Å². The van der Waals surface area contributed by atoms with Gasteiger partial charge in [-0.1, -0.05) is 53.2 Å². The van der Waals surface area contributed by atoms with Gasteiger partial charge >= 0.3 is 0 Å². The van der Waals surface area contributed by atoms with Crippen LogP contribution in [0.15, 0.2) is 47.5 Å². The summed E-state index contributed by atoms with van der Waals surface area (Å²) in [6, 6.07) is 11.5. The Balaban J connectivity index is 1.65. The number of aryl methyl sites for hydroxylation is 1. The summed E-state index contributed by atoms with van der Waals surface area (Å²) in [6.07, 6.45) is 0.149. The molecule has 5 nitrogen and oxygen atoms in total. The molecule has 0 bridgehead atoms. The summed E-state index contributed by atoms with van der Waals surface area (Å²) in [5.41, 5.74) is 2.48. The third-order valence-electron chi connectivity index (χ3n) is 4.94. The van der Waals surface area contributed by atoms with Crippen LogP contribution >= 0.6 is 23.4 Å². The number of thioether (sulfide) groups is 1. The Morgan fingerprint density at radius 2 is 1.97 bits per heavy atom. The standard InChI is InChI=1S/C20H18ClFN2O3S2/c1-12-2-4-13(5-3-12)8-19(25)23-20-24(14-6-7-16(22)15(21)9-14)17-10-29(26,27)11-18(17)28-20/h2-7,9,17-18H,8,10-11H2,1H3/t17-,18+/m1/s1. The van der Waals surface area contributed by atoms with E-state index in [0.29, 0.717) is 10.9 Å². The molecule has 4 rings (SSSR count). The van der Waals surface area contributed by atoms with Gasteiger partial charge in [0.1, 0.15) is 5.82 Å². The zero-order valence-corrected chi connectivity index (χ0v) is 17.9. The third-order valence-corrected chi connectivity index (χ3v) is 8.44. The minimum Gasteiger partial charge on any atom is -0.316 e. The zero-order valence-electron chi connectivity index (χ0n) is 15.5. The Morgan fingerprint density at radius 1 is 1.24 bits per heavy atom. The predicted molar refractivity (Wildman–Crippen MR) is 115 cm³/mol. The van der Waals surface area contributed by atoms with Gasteiger partial charge in [-0.3, -0.25) is 4.79 Å². The lowest BCUT2D eigenvalue weighted by molar-refractivity contribution is -0.117. The Labute approximate surface area is 177 Å². The van der Waals surface area contributed by atoms with Crippen molar-refractivity contribution in [3.8, 4) is 0 Å². The number of anilines is 1. The van der Waals surface area contributed by atoms with Crippen LogP contribution in [0.5, 0.6) is 0 Å². The molecule has 2 heterocycles. The van der Waals surface area contributed by atoms with Gasteiger partial charge in [0.05, 0.1) is 29.0 Å². The molecule has 0 saturated carbocycles. The van der Waals surface area contributed by atoms with Crippen molar-refractivity contribution in [3.05, 3.63) is 64.4 Å². The molecule has 0 aromatic heterocycles. The molecule has 0 unspecified atom stereocenters. The van der Waals surface area contributed by atoms with Crippen molar-refractivity contribution in [3.63, 3.8) is 0 Å². The minimum atomic E-state index is -3.18. The van der Waals surface area contributed by atoms with Crippen molar-refractivity contribution in [1.29, 1.82) is 0 Å². The summed E-state index contributed by atoms with van der Waals surface area (Å²) in [7, 11) is -3.18. The van der Waals surface area contributed by atoms with E-state index in [1.54, 1.807) is 4.90 Å². The van der Waals surface area contributed by atoms with E-state index in [-0.39, 0.29) is 40.1 Å². The Bertz CT molecular complexity index is 1100. The van der Waals surface area contributed by atoms with E-state index in [1.807, 2.05) is 31.2 Å². The van der Waals surface area contributed by atoms with E-state index in [2.05, 4.69) is 4.99 Å². The van der Waals surface area contributed by atoms with Crippen LogP contribution in [0.4, 0.5) is 10.1 Å². The number of hydrogen-bond acceptors (Lipinski definition) is 4. The van der Waals surface area contributed by atoms with Crippen molar-refractivity contribution >= 4 is 50.0 Å². The smallest absolute Gasteiger partial charge is 0.252 e. The first-order valence-electron chi connectivity index (χ1n) is 9.00. The Kier molecular flexibility index (Phi) is 5.44. The second-order valence-electron chi connectivity index (χ2n) is 7.22. The SMILES string of the molecule is Cc1ccc(CC(=O)N=C2S[C@H]3CS(=O)(=O)C[C@H]3N2c2ccc(F)c(Cl)c2)cc1. The number of nitrogens with zero attached hydrogens (tertiary/aromatic N) is 2. The van der Waals surface area contributed by atoms with Crippen LogP contribution in [0.2, 0.25) is 5.02 Å². The molecule has 2 aromatic rings. The fourth-order valence-corrected chi connectivity index (χ4v) is 7.63. The fraction of sp³-hybridized carbons (Fsp3) is 0.300. The fourth-order valence-electron chi connectivity index (χ4n) is 3.53. The van der Waals surface area contributed by atoms with Gasteiger partial charge in [-0.05, 0) is 30.7 Å². The highest BCUT2D eigenvalue weighted by Crippen LogP contribution is 2.41. The Morgan fingerprint density at radius 3 is 2.66 bits per heavy atom. The highest BCUT2D eigenvalue weighted by Gasteiger charge is 2.49. The largest absolute Gasteiger partial charge is 0.316 e. The molecule has 29 heavy (non-hydrogen) atoms. The summed E-state index contributed by atoms with van der Waals surface area (Å²) in [6.45, 7) is 1.97. The summed E-state index contributed by atoms with van der Waals surface area (Å²) < 4.78 is 37.8. The van der Waals surface area contributed by atoms with Crippen LogP contribution in [0.3, 0.4) is 0 Å². The highest BCUT2D eigenvalue weighted by atomic mass is 35.5. The van der Waals surface area contributed by atoms with Crippen LogP contribution in [-0.4, -0.2) is 42.3 Å². The van der Waals surface area contributed by atoms with E-state index in [4.69, 9.17) is 11.6 Å². The van der Waals surface area contributed by atoms with E-state index >= 15 is 0 Å². The van der Waals surface area contributed by atoms with E-state index in [9.17, 15) is 17.6 Å². The quantitative estimate of drug-likeness (QED) is 0.711. The van der Waals surface area contributed by atoms with Crippen LogP contribution in [0.25, 0.3) is 0 Å². The predicted octanol–water partition coefficient (Wildman–Crippen LogP) is 3.63. The summed E-state index contributed by atoms with van der Waals surface area (Å²) in [4.78, 5) is 18.5. The molecule has 0 radical (unpaired) electrons. The molecule has 9 heteroatoms. The number of halogens is 2. The molecule has 2 atom stereocenters. The van der Waals surface area contributed by atoms with Crippen LogP contribution in [0, 0.1) is 12.7 Å². The molecule has 0 spiro atoms. The first-order chi connectivity index (χ1) is 13.7. The molecule has 2 aliphatic rings.